The van der Waals surface area contributed by atoms with Crippen LogP contribution in [-0.2, 0) is 4.74 Å². The highest BCUT2D eigenvalue weighted by Gasteiger charge is 1.91. The lowest BCUT2D eigenvalue weighted by molar-refractivity contribution is 0.101. The zero-order valence-electron chi connectivity index (χ0n) is 4.01. The molecule has 0 aliphatic rings. The standard InChI is InChI=1S/C4H9O2/c1-4(3-5)6-2/h3-5H,1-2H3. The fourth-order valence-corrected chi connectivity index (χ4v) is 0.0609. The van der Waals surface area contributed by atoms with Crippen molar-refractivity contribution in [2.75, 3.05) is 7.11 Å². The van der Waals surface area contributed by atoms with E-state index in [-0.39, 0.29) is 6.10 Å². The van der Waals surface area contributed by atoms with Gasteiger partial charge in [-0.3, -0.25) is 0 Å². The predicted octanol–water partition coefficient (Wildman–Crippen LogP) is 0.556. The van der Waals surface area contributed by atoms with Crippen LogP contribution in [0.5, 0.6) is 0 Å². The minimum Gasteiger partial charge on any atom is -0.388 e. The second-order valence-corrected chi connectivity index (χ2v) is 1.09. The van der Waals surface area contributed by atoms with Crippen LogP contribution in [0.2, 0.25) is 0 Å². The molecule has 0 heterocycles. The Morgan fingerprint density at radius 2 is 2.33 bits per heavy atom. The lowest BCUT2D eigenvalue weighted by Gasteiger charge is -1.99. The minimum atomic E-state index is -0.134. The molecule has 0 rings (SSSR count). The molecule has 0 fully saturated rings. The summed E-state index contributed by atoms with van der Waals surface area (Å²) in [5, 5.41) is 8.08. The number of aliphatic hydroxyl groups excluding tert-OH is 1. The van der Waals surface area contributed by atoms with Crippen molar-refractivity contribution >= 4 is 0 Å². The molecule has 0 bridgehead atoms. The maximum absolute atomic E-state index is 8.08. The highest BCUT2D eigenvalue weighted by molar-refractivity contribution is 4.54. The van der Waals surface area contributed by atoms with E-state index >= 15 is 0 Å². The lowest BCUT2D eigenvalue weighted by atomic mass is 10.4. The van der Waals surface area contributed by atoms with Crippen LogP contribution >= 0.6 is 0 Å². The van der Waals surface area contributed by atoms with Crippen molar-refractivity contribution in [2.45, 2.75) is 13.0 Å². The van der Waals surface area contributed by atoms with Gasteiger partial charge in [-0.05, 0) is 6.92 Å². The molecular formula is C4H9O2. The van der Waals surface area contributed by atoms with Gasteiger partial charge in [-0.15, -0.1) is 0 Å². The Hall–Kier alpha value is -0.0800. The fraction of sp³-hybridized carbons (Fsp3) is 0.750. The Morgan fingerprint density at radius 3 is 2.33 bits per heavy atom. The van der Waals surface area contributed by atoms with Crippen molar-refractivity contribution in [3.8, 4) is 0 Å². The molecule has 1 unspecified atom stereocenters. The average molecular weight is 89.1 g/mol. The van der Waals surface area contributed by atoms with Gasteiger partial charge in [0.2, 0.25) is 0 Å². The van der Waals surface area contributed by atoms with Gasteiger partial charge in [0.1, 0.15) is 6.61 Å². The third kappa shape index (κ3) is 2.18. The molecule has 1 N–H and O–H groups in total. The summed E-state index contributed by atoms with van der Waals surface area (Å²) in [7, 11) is 1.54. The van der Waals surface area contributed by atoms with E-state index in [9.17, 15) is 0 Å². The molecule has 0 aromatic carbocycles. The summed E-state index contributed by atoms with van der Waals surface area (Å²) in [4.78, 5) is 0. The molecule has 0 spiro atoms. The van der Waals surface area contributed by atoms with Crippen molar-refractivity contribution in [1.29, 1.82) is 0 Å². The van der Waals surface area contributed by atoms with Crippen molar-refractivity contribution in [1.82, 2.24) is 0 Å². The van der Waals surface area contributed by atoms with Crippen LogP contribution < -0.4 is 0 Å². The molecule has 0 aromatic heterocycles. The van der Waals surface area contributed by atoms with E-state index in [0.717, 1.165) is 6.61 Å². The molecule has 0 aromatic rings. The first kappa shape index (κ1) is 5.92. The van der Waals surface area contributed by atoms with Gasteiger partial charge in [0.25, 0.3) is 0 Å². The van der Waals surface area contributed by atoms with Gasteiger partial charge in [0.05, 0.1) is 6.10 Å². The second-order valence-electron chi connectivity index (χ2n) is 1.09. The zero-order valence-corrected chi connectivity index (χ0v) is 4.01. The summed E-state index contributed by atoms with van der Waals surface area (Å²) in [6.07, 6.45) is -0.134. The van der Waals surface area contributed by atoms with Gasteiger partial charge in [0, 0.05) is 7.11 Å². The van der Waals surface area contributed by atoms with Crippen LogP contribution in [-0.4, -0.2) is 18.3 Å². The molecule has 0 saturated carbocycles. The number of aliphatic hydroxyl groups is 1. The highest BCUT2D eigenvalue weighted by atomic mass is 16.5. The summed E-state index contributed by atoms with van der Waals surface area (Å²) >= 11 is 0. The quantitative estimate of drug-likeness (QED) is 0.535. The lowest BCUT2D eigenvalue weighted by Crippen LogP contribution is -2.03. The van der Waals surface area contributed by atoms with E-state index < -0.39 is 0 Å². The third-order valence-electron chi connectivity index (χ3n) is 0.582. The number of hydrogen-bond donors (Lipinski definition) is 1. The zero-order chi connectivity index (χ0) is 4.99. The van der Waals surface area contributed by atoms with Crippen LogP contribution in [0, 0.1) is 6.61 Å². The van der Waals surface area contributed by atoms with E-state index in [0.29, 0.717) is 0 Å². The van der Waals surface area contributed by atoms with Crippen molar-refractivity contribution < 1.29 is 9.84 Å². The maximum atomic E-state index is 8.08. The van der Waals surface area contributed by atoms with Crippen molar-refractivity contribution in [2.24, 2.45) is 0 Å². The van der Waals surface area contributed by atoms with Gasteiger partial charge in [0.15, 0.2) is 0 Å². The van der Waals surface area contributed by atoms with Crippen LogP contribution in [0.25, 0.3) is 0 Å². The minimum absolute atomic E-state index is 0.134. The Labute approximate surface area is 37.7 Å². The van der Waals surface area contributed by atoms with Gasteiger partial charge in [-0.1, -0.05) is 0 Å². The van der Waals surface area contributed by atoms with E-state index in [1.807, 2.05) is 0 Å². The summed E-state index contributed by atoms with van der Waals surface area (Å²) in [6, 6.07) is 0. The second kappa shape index (κ2) is 3.12. The summed E-state index contributed by atoms with van der Waals surface area (Å²) in [5.74, 6) is 0. The van der Waals surface area contributed by atoms with Gasteiger partial charge >= 0.3 is 0 Å². The van der Waals surface area contributed by atoms with Crippen LogP contribution in [0.3, 0.4) is 0 Å². The highest BCUT2D eigenvalue weighted by Crippen LogP contribution is 1.85. The van der Waals surface area contributed by atoms with E-state index in [4.69, 9.17) is 5.11 Å². The Kier molecular flexibility index (Phi) is 3.08. The number of rotatable bonds is 2. The van der Waals surface area contributed by atoms with E-state index in [1.54, 1.807) is 6.92 Å². The molecule has 37 valence electrons. The fourth-order valence-electron chi connectivity index (χ4n) is 0.0609. The predicted molar refractivity (Wildman–Crippen MR) is 22.7 cm³/mol. The van der Waals surface area contributed by atoms with Crippen LogP contribution in [0.1, 0.15) is 6.92 Å². The van der Waals surface area contributed by atoms with Crippen LogP contribution in [0.15, 0.2) is 0 Å². The molecule has 2 nitrogen and oxygen atoms in total. The van der Waals surface area contributed by atoms with Gasteiger partial charge < -0.3 is 9.84 Å². The molecule has 0 aliphatic carbocycles. The van der Waals surface area contributed by atoms with Gasteiger partial charge in [-0.25, -0.2) is 0 Å². The maximum Gasteiger partial charge on any atom is 0.108 e. The first-order valence-corrected chi connectivity index (χ1v) is 1.81. The molecule has 2 heteroatoms. The van der Waals surface area contributed by atoms with Crippen molar-refractivity contribution in [3.05, 3.63) is 6.61 Å². The first-order chi connectivity index (χ1) is 2.81. The number of ether oxygens (including phenoxy) is 1. The number of methoxy groups -OCH3 is 1. The molecule has 1 radical (unpaired) electrons. The molecule has 0 saturated heterocycles. The summed E-state index contributed by atoms with van der Waals surface area (Å²) in [6.45, 7) is 2.75. The van der Waals surface area contributed by atoms with Gasteiger partial charge in [-0.2, -0.15) is 0 Å². The van der Waals surface area contributed by atoms with Crippen LogP contribution in [0.4, 0.5) is 0 Å². The average Bonchev–Trinajstić information content (AvgIpc) is 1.65. The monoisotopic (exact) mass is 89.1 g/mol. The van der Waals surface area contributed by atoms with E-state index in [2.05, 4.69) is 4.74 Å². The Morgan fingerprint density at radius 1 is 1.83 bits per heavy atom. The molecule has 6 heavy (non-hydrogen) atoms. The molecule has 0 aliphatic heterocycles. The molecule has 1 atom stereocenters. The first-order valence-electron chi connectivity index (χ1n) is 1.81. The van der Waals surface area contributed by atoms with Crippen molar-refractivity contribution in [3.63, 3.8) is 0 Å². The summed E-state index contributed by atoms with van der Waals surface area (Å²) in [5.41, 5.74) is 0. The topological polar surface area (TPSA) is 29.5 Å². The SMILES string of the molecule is COC(C)[CH]O. The smallest absolute Gasteiger partial charge is 0.108 e. The third-order valence-corrected chi connectivity index (χ3v) is 0.582. The number of hydrogen-bond acceptors (Lipinski definition) is 2. The Bertz CT molecular complexity index is 24.7. The largest absolute Gasteiger partial charge is 0.388 e. The summed E-state index contributed by atoms with van der Waals surface area (Å²) < 4.78 is 4.59. The molecule has 0 amide bonds. The normalized spacial score (nSPS) is 14.5. The van der Waals surface area contributed by atoms with E-state index in [1.165, 1.54) is 7.11 Å². The molecular weight excluding hydrogens is 80.0 g/mol. The Balaban J connectivity index is 2.75.